The second-order valence-electron chi connectivity index (χ2n) is 5.86. The summed E-state index contributed by atoms with van der Waals surface area (Å²) in [4.78, 5) is 11.4. The molecule has 2 aromatic rings. The van der Waals surface area contributed by atoms with E-state index in [4.69, 9.17) is 0 Å². The van der Waals surface area contributed by atoms with Crippen LogP contribution in [0.4, 0.5) is 0 Å². The van der Waals surface area contributed by atoms with Gasteiger partial charge in [0.15, 0.2) is 0 Å². The quantitative estimate of drug-likeness (QED) is 0.726. The van der Waals surface area contributed by atoms with Crippen molar-refractivity contribution < 1.29 is 9.90 Å². The Bertz CT molecular complexity index is 816. The first-order chi connectivity index (χ1) is 9.77. The van der Waals surface area contributed by atoms with Gasteiger partial charge in [-0.1, -0.05) is 48.5 Å². The number of carboxylic acid groups (broad SMARTS) is 1. The van der Waals surface area contributed by atoms with E-state index in [1.54, 1.807) is 0 Å². The summed E-state index contributed by atoms with van der Waals surface area (Å²) in [6.07, 6.45) is 2.20. The van der Waals surface area contributed by atoms with Crippen LogP contribution in [0.1, 0.15) is 22.6 Å². The van der Waals surface area contributed by atoms with Crippen LogP contribution in [-0.4, -0.2) is 11.1 Å². The first-order valence-corrected chi connectivity index (χ1v) is 6.95. The molecule has 0 spiro atoms. The van der Waals surface area contributed by atoms with Crippen molar-refractivity contribution in [1.29, 1.82) is 0 Å². The van der Waals surface area contributed by atoms with Gasteiger partial charge in [-0.3, -0.25) is 4.79 Å². The fourth-order valence-corrected chi connectivity index (χ4v) is 4.09. The van der Waals surface area contributed by atoms with Crippen molar-refractivity contribution in [2.75, 3.05) is 0 Å². The number of benzene rings is 2. The van der Waals surface area contributed by atoms with Gasteiger partial charge in [0.1, 0.15) is 0 Å². The van der Waals surface area contributed by atoms with Gasteiger partial charge in [-0.25, -0.2) is 0 Å². The van der Waals surface area contributed by atoms with E-state index in [2.05, 4.69) is 48.5 Å². The van der Waals surface area contributed by atoms with Crippen LogP contribution in [0.15, 0.2) is 48.5 Å². The average molecular weight is 260 g/mol. The summed E-state index contributed by atoms with van der Waals surface area (Å²) >= 11 is 0. The number of carboxylic acids is 1. The third-order valence-electron chi connectivity index (χ3n) is 4.95. The van der Waals surface area contributed by atoms with E-state index < -0.39 is 5.97 Å². The predicted octanol–water partition coefficient (Wildman–Crippen LogP) is 3.53. The number of hydrogen-bond donors (Lipinski definition) is 1. The van der Waals surface area contributed by atoms with Crippen LogP contribution in [0.2, 0.25) is 0 Å². The average Bonchev–Trinajstić information content (AvgIpc) is 3.12. The first-order valence-electron chi connectivity index (χ1n) is 6.95. The molecule has 1 saturated carbocycles. The number of aliphatic carboxylic acids is 1. The number of hydrogen-bond acceptors (Lipinski definition) is 1. The molecule has 3 unspecified atom stereocenters. The molecule has 1 fully saturated rings. The lowest BCUT2D eigenvalue weighted by molar-refractivity contribution is -0.138. The van der Waals surface area contributed by atoms with Gasteiger partial charge in [-0.15, -0.1) is 0 Å². The lowest BCUT2D eigenvalue weighted by Crippen LogP contribution is -2.00. The zero-order chi connectivity index (χ0) is 13.4. The highest BCUT2D eigenvalue weighted by atomic mass is 16.4. The fraction of sp³-hybridized carbons (Fsp3) is 0.167. The maximum atomic E-state index is 11.4. The van der Waals surface area contributed by atoms with E-state index in [0.717, 1.165) is 0 Å². The normalized spacial score (nSPS) is 27.2. The fourth-order valence-electron chi connectivity index (χ4n) is 4.09. The van der Waals surface area contributed by atoms with E-state index in [-0.39, 0.29) is 17.8 Å². The second kappa shape index (κ2) is 3.21. The van der Waals surface area contributed by atoms with Gasteiger partial charge in [0.25, 0.3) is 0 Å². The summed E-state index contributed by atoms with van der Waals surface area (Å²) < 4.78 is 0. The minimum Gasteiger partial charge on any atom is -0.481 e. The van der Waals surface area contributed by atoms with Crippen LogP contribution >= 0.6 is 0 Å². The molecule has 2 heteroatoms. The monoisotopic (exact) mass is 260 g/mol. The van der Waals surface area contributed by atoms with Crippen molar-refractivity contribution in [2.45, 2.75) is 5.92 Å². The van der Waals surface area contributed by atoms with E-state index in [9.17, 15) is 9.90 Å². The second-order valence-corrected chi connectivity index (χ2v) is 5.86. The number of fused-ring (bicyclic) bond motifs is 5. The van der Waals surface area contributed by atoms with Gasteiger partial charge in [0.05, 0.1) is 5.92 Å². The highest BCUT2D eigenvalue weighted by Crippen LogP contribution is 2.63. The summed E-state index contributed by atoms with van der Waals surface area (Å²) in [6.45, 7) is 0. The first kappa shape index (κ1) is 10.4. The Kier molecular flexibility index (Phi) is 1.67. The Morgan fingerprint density at radius 2 is 1.70 bits per heavy atom. The third-order valence-corrected chi connectivity index (χ3v) is 4.95. The number of carbonyl (C=O) groups is 1. The van der Waals surface area contributed by atoms with E-state index >= 15 is 0 Å². The highest BCUT2D eigenvalue weighted by molar-refractivity contribution is 6.04. The zero-order valence-electron chi connectivity index (χ0n) is 10.7. The molecule has 3 atom stereocenters. The topological polar surface area (TPSA) is 37.3 Å². The summed E-state index contributed by atoms with van der Waals surface area (Å²) in [5.41, 5.74) is 7.55. The van der Waals surface area contributed by atoms with Crippen LogP contribution in [0, 0.1) is 11.8 Å². The van der Waals surface area contributed by atoms with Crippen molar-refractivity contribution in [3.63, 3.8) is 0 Å². The van der Waals surface area contributed by atoms with Crippen LogP contribution < -0.4 is 0 Å². The molecule has 1 N–H and O–H groups in total. The molecule has 3 aliphatic carbocycles. The Morgan fingerprint density at radius 1 is 0.950 bits per heavy atom. The third kappa shape index (κ3) is 1.05. The lowest BCUT2D eigenvalue weighted by Gasteiger charge is -2.13. The smallest absolute Gasteiger partial charge is 0.307 e. The molecular formula is C18H12O2. The molecule has 0 radical (unpaired) electrons. The van der Waals surface area contributed by atoms with Gasteiger partial charge in [0.2, 0.25) is 0 Å². The molecule has 0 aromatic heterocycles. The molecule has 2 nitrogen and oxygen atoms in total. The molecule has 5 rings (SSSR count). The molecule has 3 aliphatic rings. The molecule has 0 saturated heterocycles. The summed E-state index contributed by atoms with van der Waals surface area (Å²) in [6, 6.07) is 14.7. The molecule has 20 heavy (non-hydrogen) atoms. The molecule has 96 valence electrons. The largest absolute Gasteiger partial charge is 0.481 e. The number of rotatable bonds is 1. The van der Waals surface area contributed by atoms with Crippen molar-refractivity contribution in [3.05, 3.63) is 65.2 Å². The van der Waals surface area contributed by atoms with E-state index in [1.165, 1.54) is 33.4 Å². The van der Waals surface area contributed by atoms with Crippen LogP contribution in [0.5, 0.6) is 0 Å². The minimum atomic E-state index is -0.664. The maximum absolute atomic E-state index is 11.4. The highest BCUT2D eigenvalue weighted by Gasteiger charge is 2.58. The van der Waals surface area contributed by atoms with Crippen LogP contribution in [-0.2, 0) is 4.79 Å². The Morgan fingerprint density at radius 3 is 2.50 bits per heavy atom. The molecule has 2 aromatic carbocycles. The number of allylic oxidation sites excluding steroid dienone is 1. The van der Waals surface area contributed by atoms with Gasteiger partial charge in [0, 0.05) is 5.92 Å². The standard InChI is InChI=1S/C18H12O2/c19-18(20)17-14-8-13-10-5-2-1-4-9(10)11-6-3-7-12(15(11)13)16(14)17/h1-8,14,16-17H,(H,19,20). The van der Waals surface area contributed by atoms with Crippen LogP contribution in [0.3, 0.4) is 0 Å². The van der Waals surface area contributed by atoms with Gasteiger partial charge < -0.3 is 5.11 Å². The van der Waals surface area contributed by atoms with E-state index in [1.807, 2.05) is 0 Å². The Balaban J connectivity index is 1.83. The summed E-state index contributed by atoms with van der Waals surface area (Å²) in [5, 5.41) is 9.35. The SMILES string of the molecule is O=C(O)C1C2C=C3c4ccccc4-c4cccc(c43)C21. The minimum absolute atomic E-state index is 0.177. The van der Waals surface area contributed by atoms with Crippen LogP contribution in [0.25, 0.3) is 16.7 Å². The Hall–Kier alpha value is -2.35. The van der Waals surface area contributed by atoms with Gasteiger partial charge in [-0.05, 0) is 39.3 Å². The molecule has 0 amide bonds. The predicted molar refractivity (Wildman–Crippen MR) is 76.3 cm³/mol. The van der Waals surface area contributed by atoms with E-state index in [0.29, 0.717) is 0 Å². The van der Waals surface area contributed by atoms with Crippen molar-refractivity contribution in [1.82, 2.24) is 0 Å². The molecule has 0 bridgehead atoms. The summed E-state index contributed by atoms with van der Waals surface area (Å²) in [7, 11) is 0. The lowest BCUT2D eigenvalue weighted by atomic mass is 9.90. The summed E-state index contributed by atoms with van der Waals surface area (Å²) in [5.74, 6) is -0.536. The Labute approximate surface area is 116 Å². The van der Waals surface area contributed by atoms with Crippen molar-refractivity contribution in [2.24, 2.45) is 11.8 Å². The van der Waals surface area contributed by atoms with Gasteiger partial charge >= 0.3 is 5.97 Å². The maximum Gasteiger partial charge on any atom is 0.307 e. The van der Waals surface area contributed by atoms with Gasteiger partial charge in [-0.2, -0.15) is 0 Å². The zero-order valence-corrected chi connectivity index (χ0v) is 10.7. The molecule has 0 aliphatic heterocycles. The van der Waals surface area contributed by atoms with Crippen molar-refractivity contribution in [3.8, 4) is 11.1 Å². The molecule has 0 heterocycles. The van der Waals surface area contributed by atoms with Crippen molar-refractivity contribution >= 4 is 11.5 Å². The molecular weight excluding hydrogens is 248 g/mol.